The average molecular weight is 370 g/mol. The van der Waals surface area contributed by atoms with Crippen LogP contribution in [0, 0.1) is 0 Å². The number of nitrogens with two attached hydrogens (primary N) is 1. The number of fused-ring (bicyclic) bond motifs is 4. The van der Waals surface area contributed by atoms with E-state index in [-0.39, 0.29) is 5.97 Å². The Kier molecular flexibility index (Phi) is 3.38. The van der Waals surface area contributed by atoms with E-state index in [1.807, 2.05) is 13.8 Å². The summed E-state index contributed by atoms with van der Waals surface area (Å²) in [5.74, 6) is -0.287. The first-order valence-corrected chi connectivity index (χ1v) is 9.60. The predicted molar refractivity (Wildman–Crippen MR) is 113 cm³/mol. The third kappa shape index (κ3) is 2.15. The van der Waals surface area contributed by atoms with Gasteiger partial charge in [-0.25, -0.2) is 4.79 Å². The van der Waals surface area contributed by atoms with Crippen LogP contribution in [-0.4, -0.2) is 10.5 Å². The summed E-state index contributed by atoms with van der Waals surface area (Å²) in [6, 6.07) is 18.5. The Balaban J connectivity index is 1.85. The van der Waals surface area contributed by atoms with Crippen LogP contribution in [0.4, 0.5) is 5.69 Å². The lowest BCUT2D eigenvalue weighted by atomic mass is 9.86. The van der Waals surface area contributed by atoms with Crippen molar-refractivity contribution in [3.05, 3.63) is 65.7 Å². The molecule has 1 aromatic heterocycles. The zero-order chi connectivity index (χ0) is 19.6. The first kappa shape index (κ1) is 16.9. The second kappa shape index (κ2) is 5.61. The monoisotopic (exact) mass is 370 g/mol. The fourth-order valence-corrected chi connectivity index (χ4v) is 4.61. The van der Waals surface area contributed by atoms with Gasteiger partial charge in [-0.2, -0.15) is 0 Å². The fraction of sp³-hybridized carbons (Fsp3) is 0.208. The van der Waals surface area contributed by atoms with E-state index in [4.69, 9.17) is 10.5 Å². The summed E-state index contributed by atoms with van der Waals surface area (Å²) in [5, 5.41) is 2.41. The normalized spacial score (nSPS) is 15.2. The van der Waals surface area contributed by atoms with E-state index in [0.717, 1.165) is 23.2 Å². The van der Waals surface area contributed by atoms with Crippen LogP contribution in [-0.2, 0) is 16.9 Å². The highest BCUT2D eigenvalue weighted by atomic mass is 16.6. The van der Waals surface area contributed by atoms with Crippen molar-refractivity contribution in [2.45, 2.75) is 32.9 Å². The Labute approximate surface area is 163 Å². The van der Waals surface area contributed by atoms with Crippen molar-refractivity contribution in [3.63, 3.8) is 0 Å². The molecule has 28 heavy (non-hydrogen) atoms. The molecule has 140 valence electrons. The SMILES string of the molecule is CCn1c2ccccc2c2cc(-c3c(N)ccc4c3C(C)(C)OC4=O)ccc21. The number of carbonyl (C=O) groups excluding carboxylic acids is 1. The maximum atomic E-state index is 12.3. The topological polar surface area (TPSA) is 57.2 Å². The van der Waals surface area contributed by atoms with E-state index < -0.39 is 5.60 Å². The maximum absolute atomic E-state index is 12.3. The number of carbonyl (C=O) groups is 1. The lowest BCUT2D eigenvalue weighted by Crippen LogP contribution is -2.17. The van der Waals surface area contributed by atoms with Gasteiger partial charge in [0.25, 0.3) is 0 Å². The third-order valence-electron chi connectivity index (χ3n) is 5.78. The highest BCUT2D eigenvalue weighted by Gasteiger charge is 2.40. The van der Waals surface area contributed by atoms with Crippen molar-refractivity contribution in [1.82, 2.24) is 4.57 Å². The number of hydrogen-bond donors (Lipinski definition) is 1. The molecule has 2 heterocycles. The first-order chi connectivity index (χ1) is 13.4. The molecule has 0 fully saturated rings. The van der Waals surface area contributed by atoms with Crippen molar-refractivity contribution in [2.75, 3.05) is 5.73 Å². The summed E-state index contributed by atoms with van der Waals surface area (Å²) < 4.78 is 7.94. The summed E-state index contributed by atoms with van der Waals surface area (Å²) in [6.07, 6.45) is 0. The summed E-state index contributed by atoms with van der Waals surface area (Å²) in [5.41, 5.74) is 12.2. The van der Waals surface area contributed by atoms with Gasteiger partial charge in [0.05, 0.1) is 5.56 Å². The second-order valence-corrected chi connectivity index (χ2v) is 7.85. The zero-order valence-corrected chi connectivity index (χ0v) is 16.2. The molecule has 2 N–H and O–H groups in total. The molecule has 4 aromatic rings. The van der Waals surface area contributed by atoms with Gasteiger partial charge < -0.3 is 15.0 Å². The Morgan fingerprint density at radius 1 is 1.00 bits per heavy atom. The number of para-hydroxylation sites is 1. The van der Waals surface area contributed by atoms with E-state index in [1.54, 1.807) is 12.1 Å². The van der Waals surface area contributed by atoms with Gasteiger partial charge in [0.1, 0.15) is 5.60 Å². The van der Waals surface area contributed by atoms with E-state index in [2.05, 4.69) is 54.0 Å². The molecule has 0 aliphatic carbocycles. The fourth-order valence-electron chi connectivity index (χ4n) is 4.61. The number of nitrogen functional groups attached to an aromatic ring is 1. The van der Waals surface area contributed by atoms with E-state index in [1.165, 1.54) is 21.8 Å². The molecule has 0 atom stereocenters. The predicted octanol–water partition coefficient (Wildman–Crippen LogP) is 5.47. The van der Waals surface area contributed by atoms with E-state index in [0.29, 0.717) is 11.3 Å². The highest BCUT2D eigenvalue weighted by Crippen LogP contribution is 2.45. The average Bonchev–Trinajstić information content (AvgIpc) is 3.12. The van der Waals surface area contributed by atoms with Crippen molar-refractivity contribution in [3.8, 4) is 11.1 Å². The van der Waals surface area contributed by atoms with Crippen LogP contribution < -0.4 is 5.73 Å². The molecule has 4 heteroatoms. The van der Waals surface area contributed by atoms with Gasteiger partial charge in [-0.05, 0) is 56.7 Å². The van der Waals surface area contributed by atoms with Crippen LogP contribution in [0.15, 0.2) is 54.6 Å². The summed E-state index contributed by atoms with van der Waals surface area (Å²) in [7, 11) is 0. The Bertz CT molecular complexity index is 1280. The number of esters is 1. The van der Waals surface area contributed by atoms with Gasteiger partial charge in [-0.15, -0.1) is 0 Å². The summed E-state index contributed by atoms with van der Waals surface area (Å²) in [4.78, 5) is 12.3. The molecule has 0 radical (unpaired) electrons. The molecule has 1 aliphatic rings. The molecule has 5 rings (SSSR count). The minimum Gasteiger partial charge on any atom is -0.451 e. The minimum atomic E-state index is -0.705. The molecule has 0 amide bonds. The Hall–Kier alpha value is -3.27. The van der Waals surface area contributed by atoms with Gasteiger partial charge in [-0.1, -0.05) is 24.3 Å². The molecule has 0 saturated carbocycles. The van der Waals surface area contributed by atoms with Gasteiger partial charge in [0.15, 0.2) is 0 Å². The van der Waals surface area contributed by atoms with E-state index >= 15 is 0 Å². The molecule has 3 aromatic carbocycles. The second-order valence-electron chi connectivity index (χ2n) is 7.85. The molecule has 0 saturated heterocycles. The number of ether oxygens (including phenoxy) is 1. The standard InChI is InChI=1S/C24H22N2O2/c1-4-26-19-8-6-5-7-15(19)17-13-14(9-12-20(17)26)21-18(25)11-10-16-22(21)24(2,3)28-23(16)27/h5-13H,4,25H2,1-3H3. The van der Waals surface area contributed by atoms with Crippen LogP contribution >= 0.6 is 0 Å². The minimum absolute atomic E-state index is 0.287. The number of aromatic nitrogens is 1. The highest BCUT2D eigenvalue weighted by molar-refractivity contribution is 6.10. The molecule has 0 spiro atoms. The number of anilines is 1. The molecular weight excluding hydrogens is 348 g/mol. The number of aryl methyl sites for hydroxylation is 1. The van der Waals surface area contributed by atoms with Gasteiger partial charge in [-0.3, -0.25) is 0 Å². The van der Waals surface area contributed by atoms with Crippen molar-refractivity contribution in [1.29, 1.82) is 0 Å². The molecule has 0 bridgehead atoms. The quantitative estimate of drug-likeness (QED) is 0.376. The molecule has 1 aliphatic heterocycles. The van der Waals surface area contributed by atoms with Crippen LogP contribution in [0.3, 0.4) is 0 Å². The smallest absolute Gasteiger partial charge is 0.339 e. The van der Waals surface area contributed by atoms with Gasteiger partial charge in [0.2, 0.25) is 0 Å². The van der Waals surface area contributed by atoms with Crippen LogP contribution in [0.25, 0.3) is 32.9 Å². The van der Waals surface area contributed by atoms with Crippen LogP contribution in [0.1, 0.15) is 36.7 Å². The number of benzene rings is 3. The Morgan fingerprint density at radius 3 is 2.54 bits per heavy atom. The van der Waals surface area contributed by atoms with Crippen molar-refractivity contribution in [2.24, 2.45) is 0 Å². The number of nitrogens with zero attached hydrogens (tertiary/aromatic N) is 1. The Morgan fingerprint density at radius 2 is 1.75 bits per heavy atom. The van der Waals surface area contributed by atoms with Crippen molar-refractivity contribution >= 4 is 33.5 Å². The van der Waals surface area contributed by atoms with Gasteiger partial charge in [0, 0.05) is 45.2 Å². The van der Waals surface area contributed by atoms with Crippen molar-refractivity contribution < 1.29 is 9.53 Å². The number of cyclic esters (lactones) is 1. The van der Waals surface area contributed by atoms with Gasteiger partial charge >= 0.3 is 5.97 Å². The molecular formula is C24H22N2O2. The first-order valence-electron chi connectivity index (χ1n) is 9.60. The summed E-state index contributed by atoms with van der Waals surface area (Å²) >= 11 is 0. The largest absolute Gasteiger partial charge is 0.451 e. The lowest BCUT2D eigenvalue weighted by molar-refractivity contribution is 0.00971. The maximum Gasteiger partial charge on any atom is 0.339 e. The lowest BCUT2D eigenvalue weighted by Gasteiger charge is -2.22. The van der Waals surface area contributed by atoms with Crippen LogP contribution in [0.2, 0.25) is 0 Å². The molecule has 4 nitrogen and oxygen atoms in total. The number of hydrogen-bond acceptors (Lipinski definition) is 3. The molecule has 0 unspecified atom stereocenters. The van der Waals surface area contributed by atoms with Crippen LogP contribution in [0.5, 0.6) is 0 Å². The number of rotatable bonds is 2. The summed E-state index contributed by atoms with van der Waals surface area (Å²) in [6.45, 7) is 6.90. The third-order valence-corrected chi connectivity index (χ3v) is 5.78. The zero-order valence-electron chi connectivity index (χ0n) is 16.2. The van der Waals surface area contributed by atoms with E-state index in [9.17, 15) is 4.79 Å².